The van der Waals surface area contributed by atoms with Gasteiger partial charge in [0, 0.05) is 26.2 Å². The lowest BCUT2D eigenvalue weighted by atomic mass is 9.90. The van der Waals surface area contributed by atoms with Crippen molar-refractivity contribution >= 4 is 24.2 Å². The Bertz CT molecular complexity index is 871. The minimum absolute atomic E-state index is 0.134. The number of piperazine rings is 1. The summed E-state index contributed by atoms with van der Waals surface area (Å²) in [6.45, 7) is 3.83. The van der Waals surface area contributed by atoms with Crippen molar-refractivity contribution in [3.05, 3.63) is 17.7 Å². The molecule has 11 nitrogen and oxygen atoms in total. The zero-order valence-corrected chi connectivity index (χ0v) is 18.6. The number of hydrogen-bond donors (Lipinski definition) is 1. The Morgan fingerprint density at radius 1 is 1.12 bits per heavy atom. The number of esters is 1. The summed E-state index contributed by atoms with van der Waals surface area (Å²) in [6.07, 6.45) is 0.800. The van der Waals surface area contributed by atoms with Gasteiger partial charge in [-0.05, 0) is 24.6 Å². The summed E-state index contributed by atoms with van der Waals surface area (Å²) >= 11 is 0. The number of aliphatic imine (C=N–C) groups is 1. The number of carbonyl (C=O) groups excluding carboxylic acids is 3. The SMILES string of the molecule is CCOC(=O)C1C(=O)NC(N2CCN(C=O)CC2)=NC1c1cc(OC)c(OC)c(OC)c1. The Hall–Kier alpha value is -3.50. The molecule has 3 rings (SSSR count). The van der Waals surface area contributed by atoms with E-state index in [0.29, 0.717) is 55.0 Å². The molecule has 0 aliphatic carbocycles. The molecular formula is C21H28N4O7. The van der Waals surface area contributed by atoms with Crippen LogP contribution >= 0.6 is 0 Å². The zero-order valence-electron chi connectivity index (χ0n) is 18.6. The minimum atomic E-state index is -1.18. The van der Waals surface area contributed by atoms with Crippen molar-refractivity contribution < 1.29 is 33.3 Å². The normalized spacial score (nSPS) is 20.8. The molecule has 0 aromatic heterocycles. The predicted molar refractivity (Wildman–Crippen MR) is 114 cm³/mol. The zero-order chi connectivity index (χ0) is 23.3. The fourth-order valence-electron chi connectivity index (χ4n) is 3.78. The van der Waals surface area contributed by atoms with Gasteiger partial charge in [0.15, 0.2) is 17.4 Å². The molecule has 2 aliphatic rings. The van der Waals surface area contributed by atoms with E-state index in [4.69, 9.17) is 23.9 Å². The van der Waals surface area contributed by atoms with E-state index in [1.165, 1.54) is 21.3 Å². The van der Waals surface area contributed by atoms with Crippen LogP contribution in [0.15, 0.2) is 17.1 Å². The quantitative estimate of drug-likeness (QED) is 0.357. The molecule has 11 heteroatoms. The first-order valence-electron chi connectivity index (χ1n) is 10.3. The maximum atomic E-state index is 13.0. The largest absolute Gasteiger partial charge is 0.493 e. The summed E-state index contributed by atoms with van der Waals surface area (Å²) in [6, 6.07) is 2.47. The van der Waals surface area contributed by atoms with E-state index < -0.39 is 23.8 Å². The molecule has 32 heavy (non-hydrogen) atoms. The third-order valence-electron chi connectivity index (χ3n) is 5.43. The summed E-state index contributed by atoms with van der Waals surface area (Å²) < 4.78 is 21.4. The van der Waals surface area contributed by atoms with Crippen LogP contribution < -0.4 is 19.5 Å². The molecule has 0 radical (unpaired) electrons. The molecule has 2 amide bonds. The number of ether oxygens (including phenoxy) is 4. The van der Waals surface area contributed by atoms with Crippen LogP contribution in [0, 0.1) is 5.92 Å². The maximum Gasteiger partial charge on any atom is 0.321 e. The number of benzene rings is 1. The molecule has 2 aliphatic heterocycles. The summed E-state index contributed by atoms with van der Waals surface area (Å²) in [5, 5.41) is 2.73. The Kier molecular flexibility index (Phi) is 7.39. The topological polar surface area (TPSA) is 119 Å². The molecule has 1 N–H and O–H groups in total. The van der Waals surface area contributed by atoms with Crippen LogP contribution in [0.25, 0.3) is 0 Å². The van der Waals surface area contributed by atoms with Gasteiger partial charge in [-0.3, -0.25) is 19.7 Å². The fraction of sp³-hybridized carbons (Fsp3) is 0.524. The number of rotatable bonds is 7. The van der Waals surface area contributed by atoms with Crippen LogP contribution in [-0.4, -0.2) is 88.2 Å². The number of nitrogens with zero attached hydrogens (tertiary/aromatic N) is 3. The third kappa shape index (κ3) is 4.56. The summed E-state index contributed by atoms with van der Waals surface area (Å²) in [4.78, 5) is 45.0. The van der Waals surface area contributed by atoms with Gasteiger partial charge in [0.05, 0.1) is 27.9 Å². The van der Waals surface area contributed by atoms with E-state index in [9.17, 15) is 14.4 Å². The van der Waals surface area contributed by atoms with Gasteiger partial charge in [-0.25, -0.2) is 4.99 Å². The number of nitrogens with one attached hydrogen (secondary N) is 1. The Balaban J connectivity index is 2.05. The van der Waals surface area contributed by atoms with Crippen LogP contribution in [0.4, 0.5) is 0 Å². The van der Waals surface area contributed by atoms with Gasteiger partial charge in [-0.15, -0.1) is 0 Å². The van der Waals surface area contributed by atoms with Gasteiger partial charge in [0.2, 0.25) is 24.0 Å². The number of carbonyl (C=O) groups is 3. The average Bonchev–Trinajstić information content (AvgIpc) is 2.82. The van der Waals surface area contributed by atoms with Gasteiger partial charge >= 0.3 is 5.97 Å². The summed E-state index contributed by atoms with van der Waals surface area (Å²) in [7, 11) is 4.46. The molecule has 0 spiro atoms. The minimum Gasteiger partial charge on any atom is -0.493 e. The third-order valence-corrected chi connectivity index (χ3v) is 5.43. The number of hydrogen-bond acceptors (Lipinski definition) is 9. The highest BCUT2D eigenvalue weighted by Gasteiger charge is 2.42. The van der Waals surface area contributed by atoms with Crippen LogP contribution in [0.5, 0.6) is 17.2 Å². The second-order valence-electron chi connectivity index (χ2n) is 7.20. The highest BCUT2D eigenvalue weighted by Crippen LogP contribution is 2.42. The van der Waals surface area contributed by atoms with Gasteiger partial charge in [-0.2, -0.15) is 0 Å². The maximum absolute atomic E-state index is 13.0. The molecule has 2 unspecified atom stereocenters. The van der Waals surface area contributed by atoms with Crippen LogP contribution in [0.2, 0.25) is 0 Å². The highest BCUT2D eigenvalue weighted by molar-refractivity contribution is 6.08. The lowest BCUT2D eigenvalue weighted by Crippen LogP contribution is -2.57. The number of guanidine groups is 1. The first kappa shape index (κ1) is 23.2. The van der Waals surface area contributed by atoms with Crippen molar-refractivity contribution in [2.45, 2.75) is 13.0 Å². The van der Waals surface area contributed by atoms with Crippen molar-refractivity contribution in [3.63, 3.8) is 0 Å². The van der Waals surface area contributed by atoms with E-state index >= 15 is 0 Å². The van der Waals surface area contributed by atoms with E-state index in [1.54, 1.807) is 24.0 Å². The van der Waals surface area contributed by atoms with Crippen molar-refractivity contribution in [1.82, 2.24) is 15.1 Å². The molecular weight excluding hydrogens is 420 g/mol. The van der Waals surface area contributed by atoms with Gasteiger partial charge in [-0.1, -0.05) is 0 Å². The molecule has 1 aromatic carbocycles. The molecule has 2 atom stereocenters. The van der Waals surface area contributed by atoms with Crippen LogP contribution in [0.1, 0.15) is 18.5 Å². The molecule has 1 fully saturated rings. The van der Waals surface area contributed by atoms with Crippen molar-refractivity contribution in [2.75, 3.05) is 54.1 Å². The smallest absolute Gasteiger partial charge is 0.321 e. The molecule has 0 bridgehead atoms. The molecule has 1 saturated heterocycles. The Morgan fingerprint density at radius 2 is 1.75 bits per heavy atom. The standard InChI is InChI=1S/C21H28N4O7/c1-5-32-20(28)16-17(13-10-14(29-2)18(31-4)15(11-13)30-3)22-21(23-19(16)27)25-8-6-24(12-26)7-9-25/h10-12,16-17H,5-9H2,1-4H3,(H,22,23,27). The lowest BCUT2D eigenvalue weighted by molar-refractivity contribution is -0.153. The second kappa shape index (κ2) is 10.2. The van der Waals surface area contributed by atoms with E-state index in [2.05, 4.69) is 5.32 Å². The van der Waals surface area contributed by atoms with Crippen LogP contribution in [-0.2, 0) is 19.1 Å². The van der Waals surface area contributed by atoms with Crippen molar-refractivity contribution in [3.8, 4) is 17.2 Å². The van der Waals surface area contributed by atoms with E-state index in [-0.39, 0.29) is 6.61 Å². The average molecular weight is 448 g/mol. The van der Waals surface area contributed by atoms with Crippen molar-refractivity contribution in [2.24, 2.45) is 10.9 Å². The summed E-state index contributed by atoms with van der Waals surface area (Å²) in [5.41, 5.74) is 0.538. The monoisotopic (exact) mass is 448 g/mol. The Labute approximate surface area is 186 Å². The lowest BCUT2D eigenvalue weighted by Gasteiger charge is -2.37. The predicted octanol–water partition coefficient (Wildman–Crippen LogP) is 0.193. The van der Waals surface area contributed by atoms with E-state index in [1.807, 2.05) is 4.90 Å². The highest BCUT2D eigenvalue weighted by atomic mass is 16.5. The number of methoxy groups -OCH3 is 3. The number of amides is 2. The molecule has 1 aromatic rings. The fourth-order valence-corrected chi connectivity index (χ4v) is 3.78. The first-order chi connectivity index (χ1) is 15.5. The van der Waals surface area contributed by atoms with Crippen molar-refractivity contribution in [1.29, 1.82) is 0 Å². The van der Waals surface area contributed by atoms with E-state index in [0.717, 1.165) is 6.41 Å². The van der Waals surface area contributed by atoms with Crippen LogP contribution in [0.3, 0.4) is 0 Å². The van der Waals surface area contributed by atoms with Gasteiger partial charge in [0.25, 0.3) is 0 Å². The Morgan fingerprint density at radius 3 is 2.25 bits per heavy atom. The first-order valence-corrected chi connectivity index (χ1v) is 10.3. The molecule has 174 valence electrons. The second-order valence-corrected chi connectivity index (χ2v) is 7.20. The molecule has 2 heterocycles. The van der Waals surface area contributed by atoms with Gasteiger partial charge < -0.3 is 28.7 Å². The summed E-state index contributed by atoms with van der Waals surface area (Å²) in [5.74, 6) is -0.862. The molecule has 0 saturated carbocycles. The van der Waals surface area contributed by atoms with Gasteiger partial charge in [0.1, 0.15) is 6.04 Å².